The number of fused-ring (bicyclic) bond motifs is 1. The zero-order valence-electron chi connectivity index (χ0n) is 8.06. The molecule has 0 radical (unpaired) electrons. The molecule has 1 heterocycles. The van der Waals surface area contributed by atoms with Gasteiger partial charge in [0.25, 0.3) is 0 Å². The van der Waals surface area contributed by atoms with Gasteiger partial charge in [0.2, 0.25) is 0 Å². The van der Waals surface area contributed by atoms with E-state index in [1.165, 1.54) is 16.7 Å². The van der Waals surface area contributed by atoms with Crippen molar-refractivity contribution in [2.45, 2.75) is 26.3 Å². The Morgan fingerprint density at radius 2 is 2.23 bits per heavy atom. The number of nitrogens with two attached hydrogens (primary N) is 1. The molecule has 2 nitrogen and oxygen atoms in total. The number of nitrogen functional groups attached to an aromatic ring is 1. The van der Waals surface area contributed by atoms with E-state index in [0.29, 0.717) is 0 Å². The minimum atomic E-state index is 0.961. The van der Waals surface area contributed by atoms with Crippen LogP contribution in [-0.2, 0) is 19.4 Å². The smallest absolute Gasteiger partial charge is 0.0349 e. The summed E-state index contributed by atoms with van der Waals surface area (Å²) in [4.78, 5) is 0. The first-order valence-corrected chi connectivity index (χ1v) is 4.92. The van der Waals surface area contributed by atoms with Gasteiger partial charge in [-0.2, -0.15) is 0 Å². The second-order valence-corrected chi connectivity index (χ2v) is 3.60. The van der Waals surface area contributed by atoms with Gasteiger partial charge in [-0.15, -0.1) is 0 Å². The molecule has 0 bridgehead atoms. The zero-order chi connectivity index (χ0) is 9.26. The summed E-state index contributed by atoms with van der Waals surface area (Å²) >= 11 is 0. The Balaban J connectivity index is 2.44. The van der Waals surface area contributed by atoms with Crippen LogP contribution >= 0.6 is 0 Å². The number of anilines is 1. The number of aryl methyl sites for hydroxylation is 1. The van der Waals surface area contributed by atoms with Gasteiger partial charge in [-0.3, -0.25) is 0 Å². The van der Waals surface area contributed by atoms with Gasteiger partial charge in [0.1, 0.15) is 0 Å². The lowest BCUT2D eigenvalue weighted by Crippen LogP contribution is -2.23. The van der Waals surface area contributed by atoms with Gasteiger partial charge in [0, 0.05) is 12.2 Å². The van der Waals surface area contributed by atoms with E-state index in [2.05, 4.69) is 24.4 Å². The van der Waals surface area contributed by atoms with Crippen LogP contribution in [0.1, 0.15) is 23.6 Å². The van der Waals surface area contributed by atoms with Crippen molar-refractivity contribution in [2.75, 3.05) is 12.3 Å². The molecule has 0 amide bonds. The number of benzene rings is 1. The van der Waals surface area contributed by atoms with Gasteiger partial charge in [-0.25, -0.2) is 0 Å². The number of rotatable bonds is 1. The SMILES string of the molecule is CCc1cc2c(cc1N)CCNC2. The molecule has 0 saturated carbocycles. The molecule has 0 aromatic heterocycles. The fourth-order valence-corrected chi connectivity index (χ4v) is 1.91. The maximum absolute atomic E-state index is 5.93. The molecular formula is C11H16N2. The molecule has 0 aliphatic carbocycles. The third kappa shape index (κ3) is 1.54. The quantitative estimate of drug-likeness (QED) is 0.636. The Hall–Kier alpha value is -1.02. The topological polar surface area (TPSA) is 38.0 Å². The molecule has 0 spiro atoms. The van der Waals surface area contributed by atoms with Gasteiger partial charge < -0.3 is 11.1 Å². The first kappa shape index (κ1) is 8.57. The van der Waals surface area contributed by atoms with Crippen LogP contribution < -0.4 is 11.1 Å². The van der Waals surface area contributed by atoms with E-state index in [-0.39, 0.29) is 0 Å². The first-order valence-electron chi connectivity index (χ1n) is 4.92. The van der Waals surface area contributed by atoms with Gasteiger partial charge in [0.15, 0.2) is 0 Å². The highest BCUT2D eigenvalue weighted by Gasteiger charge is 2.10. The van der Waals surface area contributed by atoms with Crippen molar-refractivity contribution < 1.29 is 0 Å². The average molecular weight is 176 g/mol. The van der Waals surface area contributed by atoms with E-state index in [1.54, 1.807) is 0 Å². The van der Waals surface area contributed by atoms with Crippen LogP contribution in [-0.4, -0.2) is 6.54 Å². The third-order valence-electron chi connectivity index (χ3n) is 2.73. The molecule has 1 aromatic rings. The molecule has 0 saturated heterocycles. The summed E-state index contributed by atoms with van der Waals surface area (Å²) in [6.07, 6.45) is 2.14. The fraction of sp³-hybridized carbons (Fsp3) is 0.455. The molecular weight excluding hydrogens is 160 g/mol. The monoisotopic (exact) mass is 176 g/mol. The van der Waals surface area contributed by atoms with Crippen molar-refractivity contribution in [1.82, 2.24) is 5.32 Å². The highest BCUT2D eigenvalue weighted by molar-refractivity contribution is 5.52. The number of nitrogens with one attached hydrogen (secondary N) is 1. The van der Waals surface area contributed by atoms with Crippen molar-refractivity contribution in [3.63, 3.8) is 0 Å². The van der Waals surface area contributed by atoms with E-state index in [9.17, 15) is 0 Å². The second kappa shape index (κ2) is 3.38. The molecule has 1 aromatic carbocycles. The molecule has 0 atom stereocenters. The summed E-state index contributed by atoms with van der Waals surface area (Å²) in [7, 11) is 0. The van der Waals surface area contributed by atoms with E-state index in [4.69, 9.17) is 5.73 Å². The van der Waals surface area contributed by atoms with Gasteiger partial charge in [-0.05, 0) is 42.1 Å². The zero-order valence-corrected chi connectivity index (χ0v) is 8.06. The Morgan fingerprint density at radius 1 is 1.38 bits per heavy atom. The van der Waals surface area contributed by atoms with E-state index in [1.807, 2.05) is 0 Å². The molecule has 0 fully saturated rings. The van der Waals surface area contributed by atoms with E-state index in [0.717, 1.165) is 31.6 Å². The van der Waals surface area contributed by atoms with Crippen LogP contribution in [0.2, 0.25) is 0 Å². The maximum Gasteiger partial charge on any atom is 0.0349 e. The Morgan fingerprint density at radius 3 is 3.00 bits per heavy atom. The lowest BCUT2D eigenvalue weighted by Gasteiger charge is -2.19. The highest BCUT2D eigenvalue weighted by atomic mass is 14.9. The van der Waals surface area contributed by atoms with E-state index < -0.39 is 0 Å². The molecule has 2 rings (SSSR count). The second-order valence-electron chi connectivity index (χ2n) is 3.60. The van der Waals surface area contributed by atoms with Crippen molar-refractivity contribution in [3.05, 3.63) is 28.8 Å². The van der Waals surface area contributed by atoms with Crippen molar-refractivity contribution in [3.8, 4) is 0 Å². The first-order chi connectivity index (χ1) is 6.31. The summed E-state index contributed by atoms with van der Waals surface area (Å²) in [5, 5.41) is 3.37. The fourth-order valence-electron chi connectivity index (χ4n) is 1.91. The third-order valence-corrected chi connectivity index (χ3v) is 2.73. The minimum absolute atomic E-state index is 0.961. The van der Waals surface area contributed by atoms with Gasteiger partial charge >= 0.3 is 0 Å². The largest absolute Gasteiger partial charge is 0.398 e. The van der Waals surface area contributed by atoms with Crippen LogP contribution in [0, 0.1) is 0 Å². The molecule has 70 valence electrons. The Kier molecular flexibility index (Phi) is 2.23. The van der Waals surface area contributed by atoms with Gasteiger partial charge in [-0.1, -0.05) is 13.0 Å². The van der Waals surface area contributed by atoms with Crippen molar-refractivity contribution in [2.24, 2.45) is 0 Å². The molecule has 1 aliphatic heterocycles. The number of hydrogen-bond donors (Lipinski definition) is 2. The molecule has 13 heavy (non-hydrogen) atoms. The Labute approximate surface area is 79.1 Å². The van der Waals surface area contributed by atoms with Gasteiger partial charge in [0.05, 0.1) is 0 Å². The van der Waals surface area contributed by atoms with Crippen LogP contribution in [0.25, 0.3) is 0 Å². The van der Waals surface area contributed by atoms with Crippen LogP contribution in [0.5, 0.6) is 0 Å². The summed E-state index contributed by atoms with van der Waals surface area (Å²) in [5.41, 5.74) is 11.0. The summed E-state index contributed by atoms with van der Waals surface area (Å²) in [6, 6.07) is 4.39. The van der Waals surface area contributed by atoms with Crippen molar-refractivity contribution in [1.29, 1.82) is 0 Å². The molecule has 2 heteroatoms. The maximum atomic E-state index is 5.93. The molecule has 0 unspecified atom stereocenters. The summed E-state index contributed by atoms with van der Waals surface area (Å²) < 4.78 is 0. The highest BCUT2D eigenvalue weighted by Crippen LogP contribution is 2.21. The normalized spacial score (nSPS) is 15.5. The van der Waals surface area contributed by atoms with Crippen LogP contribution in [0.4, 0.5) is 5.69 Å². The lowest BCUT2D eigenvalue weighted by molar-refractivity contribution is 0.643. The average Bonchev–Trinajstić information content (AvgIpc) is 2.17. The van der Waals surface area contributed by atoms with Crippen LogP contribution in [0.3, 0.4) is 0 Å². The summed E-state index contributed by atoms with van der Waals surface area (Å²) in [6.45, 7) is 4.23. The minimum Gasteiger partial charge on any atom is -0.398 e. The molecule has 1 aliphatic rings. The predicted molar refractivity (Wildman–Crippen MR) is 55.6 cm³/mol. The lowest BCUT2D eigenvalue weighted by atomic mass is 9.96. The number of hydrogen-bond acceptors (Lipinski definition) is 2. The van der Waals surface area contributed by atoms with Crippen LogP contribution in [0.15, 0.2) is 12.1 Å². The van der Waals surface area contributed by atoms with E-state index >= 15 is 0 Å². The standard InChI is InChI=1S/C11H16N2/c1-2-8-5-10-7-13-4-3-9(10)6-11(8)12/h5-6,13H,2-4,7,12H2,1H3. The van der Waals surface area contributed by atoms with Crippen molar-refractivity contribution >= 4 is 5.69 Å². The predicted octanol–water partition coefficient (Wildman–Crippen LogP) is 1.48. The summed E-state index contributed by atoms with van der Waals surface area (Å²) in [5.74, 6) is 0. The Bertz CT molecular complexity index is 318. The molecule has 3 N–H and O–H groups in total.